The first-order valence-corrected chi connectivity index (χ1v) is 7.19. The van der Waals surface area contributed by atoms with Crippen molar-refractivity contribution in [2.75, 3.05) is 13.7 Å². The van der Waals surface area contributed by atoms with Crippen LogP contribution in [0.5, 0.6) is 5.75 Å². The fourth-order valence-corrected chi connectivity index (χ4v) is 2.04. The van der Waals surface area contributed by atoms with Crippen molar-refractivity contribution in [3.63, 3.8) is 0 Å². The van der Waals surface area contributed by atoms with Gasteiger partial charge in [-0.2, -0.15) is 0 Å². The number of nitrogens with zero attached hydrogens (tertiary/aromatic N) is 1. The van der Waals surface area contributed by atoms with Crippen molar-refractivity contribution >= 4 is 17.5 Å². The molecule has 0 saturated heterocycles. The Morgan fingerprint density at radius 3 is 2.43 bits per heavy atom. The van der Waals surface area contributed by atoms with Crippen LogP contribution < -0.4 is 4.74 Å². The van der Waals surface area contributed by atoms with Crippen LogP contribution in [0.2, 0.25) is 5.02 Å². The lowest BCUT2D eigenvalue weighted by molar-refractivity contribution is -0.130. The maximum Gasteiger partial charge on any atom is 0.226 e. The van der Waals surface area contributed by atoms with Crippen molar-refractivity contribution in [3.8, 4) is 5.75 Å². The average Bonchev–Trinajstić information content (AvgIpc) is 2.50. The minimum Gasteiger partial charge on any atom is -0.493 e. The van der Waals surface area contributed by atoms with Crippen LogP contribution in [0, 0.1) is 0 Å². The van der Waals surface area contributed by atoms with Gasteiger partial charge in [-0.25, -0.2) is 0 Å². The van der Waals surface area contributed by atoms with E-state index in [-0.39, 0.29) is 5.91 Å². The average molecular weight is 304 g/mol. The molecule has 110 valence electrons. The van der Waals surface area contributed by atoms with E-state index in [1.807, 2.05) is 54.6 Å². The Bertz CT molecular complexity index is 569. The summed E-state index contributed by atoms with van der Waals surface area (Å²) < 4.78 is 5.53. The van der Waals surface area contributed by atoms with Crippen molar-refractivity contribution in [2.45, 2.75) is 13.0 Å². The number of hydrogen-bond donors (Lipinski definition) is 0. The highest BCUT2D eigenvalue weighted by Crippen LogP contribution is 2.12. The predicted octanol–water partition coefficient (Wildman–Crippen LogP) is 3.77. The van der Waals surface area contributed by atoms with Gasteiger partial charge in [0.1, 0.15) is 5.75 Å². The van der Waals surface area contributed by atoms with Gasteiger partial charge >= 0.3 is 0 Å². The molecule has 1 amide bonds. The van der Waals surface area contributed by atoms with E-state index in [0.717, 1.165) is 11.3 Å². The third-order valence-corrected chi connectivity index (χ3v) is 3.34. The van der Waals surface area contributed by atoms with Gasteiger partial charge < -0.3 is 9.64 Å². The van der Waals surface area contributed by atoms with Gasteiger partial charge in [0.05, 0.1) is 13.0 Å². The molecule has 2 aromatic rings. The van der Waals surface area contributed by atoms with Crippen molar-refractivity contribution < 1.29 is 9.53 Å². The lowest BCUT2D eigenvalue weighted by Gasteiger charge is -2.17. The van der Waals surface area contributed by atoms with Crippen molar-refractivity contribution in [3.05, 3.63) is 65.2 Å². The molecule has 0 radical (unpaired) electrons. The van der Waals surface area contributed by atoms with E-state index in [1.165, 1.54) is 0 Å². The highest BCUT2D eigenvalue weighted by atomic mass is 35.5. The number of amides is 1. The molecule has 2 aromatic carbocycles. The van der Waals surface area contributed by atoms with Gasteiger partial charge in [0.2, 0.25) is 5.91 Å². The molecule has 0 bridgehead atoms. The molecule has 0 aliphatic rings. The summed E-state index contributed by atoms with van der Waals surface area (Å²) in [5, 5.41) is 0.698. The molecule has 3 nitrogen and oxygen atoms in total. The summed E-state index contributed by atoms with van der Waals surface area (Å²) in [5.74, 6) is 0.839. The van der Waals surface area contributed by atoms with Crippen LogP contribution >= 0.6 is 11.6 Å². The maximum absolute atomic E-state index is 12.0. The Balaban J connectivity index is 1.76. The molecule has 0 aliphatic carbocycles. The summed E-state index contributed by atoms with van der Waals surface area (Å²) in [4.78, 5) is 13.7. The molecular weight excluding hydrogens is 286 g/mol. The topological polar surface area (TPSA) is 29.5 Å². The van der Waals surface area contributed by atoms with E-state index in [0.29, 0.717) is 24.6 Å². The number of halogens is 1. The van der Waals surface area contributed by atoms with E-state index < -0.39 is 0 Å². The first kappa shape index (κ1) is 15.4. The molecule has 0 saturated carbocycles. The minimum absolute atomic E-state index is 0.0564. The second-order valence-corrected chi connectivity index (χ2v) is 5.22. The fourth-order valence-electron chi connectivity index (χ4n) is 1.92. The first-order valence-electron chi connectivity index (χ1n) is 6.81. The summed E-state index contributed by atoms with van der Waals surface area (Å²) in [6.45, 7) is 0.954. The van der Waals surface area contributed by atoms with E-state index in [4.69, 9.17) is 16.3 Å². The van der Waals surface area contributed by atoms with Crippen LogP contribution in [0.4, 0.5) is 0 Å². The highest BCUT2D eigenvalue weighted by Gasteiger charge is 2.09. The molecule has 4 heteroatoms. The molecule has 2 rings (SSSR count). The molecular formula is C17H18ClNO2. The Morgan fingerprint density at radius 1 is 1.10 bits per heavy atom. The largest absolute Gasteiger partial charge is 0.493 e. The second-order valence-electron chi connectivity index (χ2n) is 4.79. The predicted molar refractivity (Wildman–Crippen MR) is 84.5 cm³/mol. The van der Waals surface area contributed by atoms with E-state index in [9.17, 15) is 4.79 Å². The lowest BCUT2D eigenvalue weighted by Crippen LogP contribution is -2.27. The maximum atomic E-state index is 12.0. The van der Waals surface area contributed by atoms with Crippen LogP contribution in [-0.2, 0) is 11.3 Å². The van der Waals surface area contributed by atoms with Crippen LogP contribution in [0.1, 0.15) is 12.0 Å². The van der Waals surface area contributed by atoms with E-state index in [2.05, 4.69) is 0 Å². The molecule has 21 heavy (non-hydrogen) atoms. The quantitative estimate of drug-likeness (QED) is 0.813. The molecule has 0 N–H and O–H groups in total. The van der Waals surface area contributed by atoms with Crippen molar-refractivity contribution in [2.24, 2.45) is 0 Å². The van der Waals surface area contributed by atoms with Crippen LogP contribution in [0.3, 0.4) is 0 Å². The van der Waals surface area contributed by atoms with Crippen molar-refractivity contribution in [1.82, 2.24) is 4.90 Å². The number of rotatable bonds is 6. The van der Waals surface area contributed by atoms with Crippen LogP contribution in [-0.4, -0.2) is 24.5 Å². The fraction of sp³-hybridized carbons (Fsp3) is 0.235. The number of ether oxygens (including phenoxy) is 1. The second kappa shape index (κ2) is 7.70. The molecule has 0 fully saturated rings. The summed E-state index contributed by atoms with van der Waals surface area (Å²) in [5.41, 5.74) is 1.05. The SMILES string of the molecule is CN(Cc1ccc(Cl)cc1)C(=O)CCOc1ccccc1. The van der Waals surface area contributed by atoms with Crippen LogP contribution in [0.15, 0.2) is 54.6 Å². The van der Waals surface area contributed by atoms with Gasteiger partial charge in [0.25, 0.3) is 0 Å². The van der Waals surface area contributed by atoms with E-state index >= 15 is 0 Å². The smallest absolute Gasteiger partial charge is 0.226 e. The van der Waals surface area contributed by atoms with Gasteiger partial charge in [-0.3, -0.25) is 4.79 Å². The zero-order chi connectivity index (χ0) is 15.1. The monoisotopic (exact) mass is 303 g/mol. The summed E-state index contributed by atoms with van der Waals surface area (Å²) >= 11 is 5.84. The zero-order valence-electron chi connectivity index (χ0n) is 12.0. The Morgan fingerprint density at radius 2 is 1.76 bits per heavy atom. The molecule has 0 spiro atoms. The van der Waals surface area contributed by atoms with Gasteiger partial charge in [-0.05, 0) is 29.8 Å². The molecule has 0 aliphatic heterocycles. The lowest BCUT2D eigenvalue weighted by atomic mass is 10.2. The van der Waals surface area contributed by atoms with Gasteiger partial charge in [-0.1, -0.05) is 41.9 Å². The number of para-hydroxylation sites is 1. The van der Waals surface area contributed by atoms with Crippen molar-refractivity contribution in [1.29, 1.82) is 0 Å². The highest BCUT2D eigenvalue weighted by molar-refractivity contribution is 6.30. The molecule has 0 aromatic heterocycles. The van der Waals surface area contributed by atoms with Gasteiger partial charge in [0.15, 0.2) is 0 Å². The number of benzene rings is 2. The number of hydrogen-bond acceptors (Lipinski definition) is 2. The Labute approximate surface area is 130 Å². The standard InChI is InChI=1S/C17H18ClNO2/c1-19(13-14-7-9-15(18)10-8-14)17(20)11-12-21-16-5-3-2-4-6-16/h2-10H,11-13H2,1H3. The van der Waals surface area contributed by atoms with E-state index in [1.54, 1.807) is 11.9 Å². The number of carbonyl (C=O) groups is 1. The minimum atomic E-state index is 0.0564. The molecule has 0 heterocycles. The Kier molecular flexibility index (Phi) is 5.64. The van der Waals surface area contributed by atoms with Gasteiger partial charge in [-0.15, -0.1) is 0 Å². The van der Waals surface area contributed by atoms with Crippen LogP contribution in [0.25, 0.3) is 0 Å². The Hall–Kier alpha value is -2.00. The zero-order valence-corrected chi connectivity index (χ0v) is 12.7. The molecule has 0 atom stereocenters. The third-order valence-electron chi connectivity index (χ3n) is 3.09. The third kappa shape index (κ3) is 5.12. The normalized spacial score (nSPS) is 10.2. The molecule has 0 unspecified atom stereocenters. The summed E-state index contributed by atoms with van der Waals surface area (Å²) in [6, 6.07) is 17.0. The first-order chi connectivity index (χ1) is 10.1. The van der Waals surface area contributed by atoms with Gasteiger partial charge in [0, 0.05) is 18.6 Å². The summed E-state index contributed by atoms with van der Waals surface area (Å²) in [7, 11) is 1.79. The number of carbonyl (C=O) groups excluding carboxylic acids is 1. The summed E-state index contributed by atoms with van der Waals surface area (Å²) in [6.07, 6.45) is 0.360.